The number of carbonyl (C=O) groups excluding carboxylic acids is 1. The Labute approximate surface area is 146 Å². The van der Waals surface area contributed by atoms with Crippen LogP contribution in [0.2, 0.25) is 0 Å². The first-order valence-electron chi connectivity index (χ1n) is 7.58. The highest BCUT2D eigenvalue weighted by atomic mass is 35.5. The van der Waals surface area contributed by atoms with Crippen LogP contribution in [0.5, 0.6) is 0 Å². The van der Waals surface area contributed by atoms with Gasteiger partial charge in [-0.3, -0.25) is 9.69 Å². The van der Waals surface area contributed by atoms with Crippen LogP contribution in [-0.2, 0) is 4.79 Å². The molecule has 1 heterocycles. The number of amides is 1. The van der Waals surface area contributed by atoms with E-state index in [-0.39, 0.29) is 30.8 Å². The molecule has 2 N–H and O–H groups in total. The molecule has 1 fully saturated rings. The Bertz CT molecular complexity index is 527. The molecular weight excluding hydrogens is 343 g/mol. The lowest BCUT2D eigenvalue weighted by atomic mass is 9.89. The second kappa shape index (κ2) is 8.69. The monoisotopic (exact) mass is 365 g/mol. The van der Waals surface area contributed by atoms with Gasteiger partial charge in [-0.05, 0) is 18.0 Å². The minimum atomic E-state index is -4.37. The number of likely N-dealkylation sites (N-methyl/N-ethyl adjacent to an activating group) is 1. The van der Waals surface area contributed by atoms with Crippen LogP contribution in [0.15, 0.2) is 30.3 Å². The molecule has 1 amide bonds. The van der Waals surface area contributed by atoms with E-state index in [9.17, 15) is 18.0 Å². The van der Waals surface area contributed by atoms with Crippen LogP contribution in [0.3, 0.4) is 0 Å². The molecule has 0 saturated carbocycles. The van der Waals surface area contributed by atoms with Crippen LogP contribution in [0, 0.1) is 5.92 Å². The summed E-state index contributed by atoms with van der Waals surface area (Å²) in [6.07, 6.45) is -4.37. The topological polar surface area (TPSA) is 49.6 Å². The summed E-state index contributed by atoms with van der Waals surface area (Å²) in [6.45, 7) is 0.524. The van der Waals surface area contributed by atoms with Crippen LogP contribution in [0.25, 0.3) is 0 Å². The largest absolute Gasteiger partial charge is 0.406 e. The van der Waals surface area contributed by atoms with Crippen molar-refractivity contribution in [2.24, 2.45) is 11.7 Å². The van der Waals surface area contributed by atoms with Gasteiger partial charge in [-0.2, -0.15) is 13.2 Å². The minimum Gasteiger partial charge on any atom is -0.336 e. The molecule has 136 valence electrons. The number of rotatable bonds is 5. The van der Waals surface area contributed by atoms with Crippen molar-refractivity contribution in [3.8, 4) is 0 Å². The molecule has 4 nitrogen and oxygen atoms in total. The first kappa shape index (κ1) is 20.7. The summed E-state index contributed by atoms with van der Waals surface area (Å²) < 4.78 is 37.1. The summed E-state index contributed by atoms with van der Waals surface area (Å²) in [7, 11) is 1.18. The van der Waals surface area contributed by atoms with E-state index in [1.165, 1.54) is 7.05 Å². The van der Waals surface area contributed by atoms with Crippen molar-refractivity contribution in [1.29, 1.82) is 0 Å². The normalized spacial score (nSPS) is 21.4. The molecule has 0 unspecified atom stereocenters. The van der Waals surface area contributed by atoms with Gasteiger partial charge in [0.2, 0.25) is 5.91 Å². The number of hydrogen-bond acceptors (Lipinski definition) is 3. The number of likely N-dealkylation sites (tertiary alicyclic amines) is 1. The Kier molecular flexibility index (Phi) is 7.51. The smallest absolute Gasteiger partial charge is 0.336 e. The van der Waals surface area contributed by atoms with Crippen LogP contribution in [-0.4, -0.2) is 61.7 Å². The predicted molar refractivity (Wildman–Crippen MR) is 89.1 cm³/mol. The van der Waals surface area contributed by atoms with E-state index in [1.807, 2.05) is 35.2 Å². The van der Waals surface area contributed by atoms with E-state index in [4.69, 9.17) is 5.73 Å². The summed E-state index contributed by atoms with van der Waals surface area (Å²) in [4.78, 5) is 14.6. The number of hydrogen-bond donors (Lipinski definition) is 1. The van der Waals surface area contributed by atoms with E-state index in [2.05, 4.69) is 0 Å². The molecule has 0 aromatic heterocycles. The molecule has 1 aliphatic rings. The Hall–Kier alpha value is -1.31. The summed E-state index contributed by atoms with van der Waals surface area (Å²) in [5.41, 5.74) is 6.98. The maximum absolute atomic E-state index is 12.4. The van der Waals surface area contributed by atoms with Gasteiger partial charge in [0.1, 0.15) is 6.54 Å². The Balaban J connectivity index is 0.00000288. The van der Waals surface area contributed by atoms with Crippen molar-refractivity contribution >= 4 is 18.3 Å². The fourth-order valence-electron chi connectivity index (χ4n) is 3.08. The molecule has 1 saturated heterocycles. The number of nitrogens with zero attached hydrogens (tertiary/aromatic N) is 2. The lowest BCUT2D eigenvalue weighted by molar-refractivity contribution is -0.158. The maximum atomic E-state index is 12.4. The number of benzene rings is 1. The molecule has 0 aliphatic carbocycles. The first-order chi connectivity index (χ1) is 10.8. The fourth-order valence-corrected chi connectivity index (χ4v) is 3.08. The SMILES string of the molecule is CN(CC(F)(F)F)C(=O)CN1C[C@@H](CN)[C@H](c2ccccc2)C1.Cl. The molecule has 0 spiro atoms. The van der Waals surface area contributed by atoms with Crippen LogP contribution in [0.1, 0.15) is 11.5 Å². The molecule has 24 heavy (non-hydrogen) atoms. The van der Waals surface area contributed by atoms with Crippen molar-refractivity contribution in [2.75, 3.05) is 39.8 Å². The zero-order valence-corrected chi connectivity index (χ0v) is 14.3. The molecule has 8 heteroatoms. The van der Waals surface area contributed by atoms with Gasteiger partial charge in [-0.1, -0.05) is 30.3 Å². The predicted octanol–water partition coefficient (Wildman–Crippen LogP) is 2.10. The summed E-state index contributed by atoms with van der Waals surface area (Å²) in [6, 6.07) is 9.88. The van der Waals surface area contributed by atoms with E-state index in [0.29, 0.717) is 19.6 Å². The lowest BCUT2D eigenvalue weighted by Crippen LogP contribution is -2.42. The Morgan fingerprint density at radius 3 is 2.46 bits per heavy atom. The van der Waals surface area contributed by atoms with Gasteiger partial charge < -0.3 is 10.6 Å². The van der Waals surface area contributed by atoms with Crippen molar-refractivity contribution in [3.05, 3.63) is 35.9 Å². The molecule has 1 aromatic carbocycles. The Morgan fingerprint density at radius 1 is 1.29 bits per heavy atom. The zero-order valence-electron chi connectivity index (χ0n) is 13.5. The van der Waals surface area contributed by atoms with Crippen molar-refractivity contribution in [1.82, 2.24) is 9.80 Å². The molecule has 0 radical (unpaired) electrons. The van der Waals surface area contributed by atoms with Crippen LogP contribution in [0.4, 0.5) is 13.2 Å². The van der Waals surface area contributed by atoms with Gasteiger partial charge in [0.05, 0.1) is 6.54 Å². The second-order valence-corrected chi connectivity index (χ2v) is 6.07. The molecule has 2 atom stereocenters. The zero-order chi connectivity index (χ0) is 17.0. The highest BCUT2D eigenvalue weighted by Gasteiger charge is 2.35. The second-order valence-electron chi connectivity index (χ2n) is 6.07. The van der Waals surface area contributed by atoms with E-state index in [1.54, 1.807) is 0 Å². The highest BCUT2D eigenvalue weighted by molar-refractivity contribution is 5.85. The number of halogens is 4. The van der Waals surface area contributed by atoms with Crippen molar-refractivity contribution in [3.63, 3.8) is 0 Å². The van der Waals surface area contributed by atoms with Gasteiger partial charge >= 0.3 is 6.18 Å². The van der Waals surface area contributed by atoms with Gasteiger partial charge in [0.25, 0.3) is 0 Å². The average Bonchev–Trinajstić information content (AvgIpc) is 2.89. The van der Waals surface area contributed by atoms with Crippen molar-refractivity contribution < 1.29 is 18.0 Å². The van der Waals surface area contributed by atoms with Gasteiger partial charge in [-0.15, -0.1) is 12.4 Å². The fraction of sp³-hybridized carbons (Fsp3) is 0.562. The first-order valence-corrected chi connectivity index (χ1v) is 7.58. The van der Waals surface area contributed by atoms with Crippen LogP contribution >= 0.6 is 12.4 Å². The summed E-state index contributed by atoms with van der Waals surface area (Å²) >= 11 is 0. The van der Waals surface area contributed by atoms with Crippen molar-refractivity contribution in [2.45, 2.75) is 12.1 Å². The summed E-state index contributed by atoms with van der Waals surface area (Å²) in [5, 5.41) is 0. The van der Waals surface area contributed by atoms with Gasteiger partial charge in [-0.25, -0.2) is 0 Å². The molecule has 2 rings (SSSR count). The number of carbonyl (C=O) groups is 1. The number of alkyl halides is 3. The van der Waals surface area contributed by atoms with Gasteiger partial charge in [0.15, 0.2) is 0 Å². The maximum Gasteiger partial charge on any atom is 0.406 e. The standard InChI is InChI=1S/C16H22F3N3O.ClH/c1-21(11-16(17,18)19)15(23)10-22-8-13(7-20)14(9-22)12-5-3-2-4-6-12;/h2-6,13-14H,7-11,20H2,1H3;1H/t13-,14+;/m1./s1. The van der Waals surface area contributed by atoms with E-state index < -0.39 is 18.6 Å². The summed E-state index contributed by atoms with van der Waals surface area (Å²) in [5.74, 6) is -0.105. The van der Waals surface area contributed by atoms with E-state index in [0.717, 1.165) is 10.5 Å². The molecular formula is C16H23ClF3N3O. The quantitative estimate of drug-likeness (QED) is 0.869. The van der Waals surface area contributed by atoms with Gasteiger partial charge in [0, 0.05) is 26.1 Å². The molecule has 0 bridgehead atoms. The van der Waals surface area contributed by atoms with E-state index >= 15 is 0 Å². The lowest BCUT2D eigenvalue weighted by Gasteiger charge is -2.22. The highest BCUT2D eigenvalue weighted by Crippen LogP contribution is 2.31. The third kappa shape index (κ3) is 5.65. The average molecular weight is 366 g/mol. The minimum absolute atomic E-state index is 0. The third-order valence-electron chi connectivity index (χ3n) is 4.25. The third-order valence-corrected chi connectivity index (χ3v) is 4.25. The Morgan fingerprint density at radius 2 is 1.92 bits per heavy atom. The molecule has 1 aliphatic heterocycles. The number of nitrogens with two attached hydrogens (primary N) is 1. The molecule has 1 aromatic rings. The van der Waals surface area contributed by atoms with Crippen LogP contribution < -0.4 is 5.73 Å².